The van der Waals surface area contributed by atoms with Gasteiger partial charge < -0.3 is 0 Å². The largest absolute Gasteiger partial charge is 0.270 e. The molecule has 0 unspecified atom stereocenters. The fourth-order valence-corrected chi connectivity index (χ4v) is 3.62. The summed E-state index contributed by atoms with van der Waals surface area (Å²) >= 11 is 2.90. The van der Waals surface area contributed by atoms with Crippen LogP contribution in [0.2, 0.25) is 0 Å². The zero-order valence-corrected chi connectivity index (χ0v) is 12.3. The Labute approximate surface area is 128 Å². The van der Waals surface area contributed by atoms with Crippen LogP contribution >= 0.6 is 23.5 Å². The average Bonchev–Trinajstić information content (AvgIpc) is 2.48. The molecule has 0 aliphatic carbocycles. The van der Waals surface area contributed by atoms with E-state index in [2.05, 4.69) is 0 Å². The van der Waals surface area contributed by atoms with Gasteiger partial charge in [-0.05, 0) is 12.1 Å². The predicted molar refractivity (Wildman–Crippen MR) is 82.8 cm³/mol. The third-order valence-corrected chi connectivity index (χ3v) is 4.63. The molecule has 0 amide bonds. The van der Waals surface area contributed by atoms with Crippen LogP contribution < -0.4 is 0 Å². The van der Waals surface area contributed by atoms with Crippen molar-refractivity contribution in [2.75, 3.05) is 5.08 Å². The van der Waals surface area contributed by atoms with Crippen LogP contribution in [0, 0.1) is 20.2 Å². The number of nitrogens with zero attached hydrogens (tertiary/aromatic N) is 2. The second-order valence-electron chi connectivity index (χ2n) is 3.92. The van der Waals surface area contributed by atoms with Crippen LogP contribution in [-0.2, 0) is 0 Å². The number of non-ortho nitro benzene ring substituents is 2. The monoisotopic (exact) mass is 322 g/mol. The van der Waals surface area contributed by atoms with E-state index in [0.29, 0.717) is 5.08 Å². The van der Waals surface area contributed by atoms with Gasteiger partial charge in [-0.2, -0.15) is 0 Å². The SMILES string of the molecule is O=[N+]([O-])c1cccc(SCSc2cccc([N+](=O)[O-])c2)c1. The van der Waals surface area contributed by atoms with Crippen molar-refractivity contribution < 1.29 is 9.85 Å². The van der Waals surface area contributed by atoms with Crippen molar-refractivity contribution >= 4 is 34.9 Å². The molecule has 0 spiro atoms. The van der Waals surface area contributed by atoms with E-state index in [9.17, 15) is 20.2 Å². The van der Waals surface area contributed by atoms with Crippen molar-refractivity contribution in [2.24, 2.45) is 0 Å². The molecule has 6 nitrogen and oxygen atoms in total. The predicted octanol–water partition coefficient (Wildman–Crippen LogP) is 4.34. The van der Waals surface area contributed by atoms with Gasteiger partial charge in [-0.1, -0.05) is 12.1 Å². The van der Waals surface area contributed by atoms with E-state index in [1.165, 1.54) is 47.8 Å². The highest BCUT2D eigenvalue weighted by Gasteiger charge is 2.08. The van der Waals surface area contributed by atoms with E-state index < -0.39 is 9.85 Å². The van der Waals surface area contributed by atoms with Gasteiger partial charge in [0, 0.05) is 39.1 Å². The van der Waals surface area contributed by atoms with Crippen molar-refractivity contribution in [3.8, 4) is 0 Å². The Kier molecular flexibility index (Phi) is 5.18. The van der Waals surface area contributed by atoms with E-state index in [1.54, 1.807) is 24.3 Å². The first-order valence-electron chi connectivity index (χ1n) is 5.81. The summed E-state index contributed by atoms with van der Waals surface area (Å²) in [5.74, 6) is 0. The molecule has 2 aromatic rings. The van der Waals surface area contributed by atoms with Crippen molar-refractivity contribution in [3.63, 3.8) is 0 Å². The van der Waals surface area contributed by atoms with Crippen molar-refractivity contribution in [1.82, 2.24) is 0 Å². The first-order chi connectivity index (χ1) is 10.1. The highest BCUT2D eigenvalue weighted by Crippen LogP contribution is 2.30. The van der Waals surface area contributed by atoms with Crippen LogP contribution in [0.3, 0.4) is 0 Å². The molecule has 0 fully saturated rings. The number of rotatable bonds is 6. The molecule has 0 radical (unpaired) electrons. The molecular formula is C13H10N2O4S2. The van der Waals surface area contributed by atoms with Crippen molar-refractivity contribution in [3.05, 3.63) is 68.8 Å². The second-order valence-corrected chi connectivity index (χ2v) is 6.38. The minimum Gasteiger partial charge on any atom is -0.258 e. The normalized spacial score (nSPS) is 10.3. The minimum atomic E-state index is -0.433. The van der Waals surface area contributed by atoms with Crippen molar-refractivity contribution in [2.45, 2.75) is 9.79 Å². The maximum Gasteiger partial charge on any atom is 0.270 e. The molecule has 108 valence electrons. The number of nitro benzene ring substituents is 2. The first kappa shape index (κ1) is 15.3. The lowest BCUT2D eigenvalue weighted by atomic mass is 10.3. The third-order valence-electron chi connectivity index (χ3n) is 2.51. The quantitative estimate of drug-likeness (QED) is 0.340. The van der Waals surface area contributed by atoms with Crippen molar-refractivity contribution in [1.29, 1.82) is 0 Å². The summed E-state index contributed by atoms with van der Waals surface area (Å²) in [6, 6.07) is 12.8. The Morgan fingerprint density at radius 3 is 1.62 bits per heavy atom. The van der Waals surface area contributed by atoms with Crippen LogP contribution in [0.25, 0.3) is 0 Å². The summed E-state index contributed by atoms with van der Waals surface area (Å²) in [6.45, 7) is 0. The number of hydrogen-bond acceptors (Lipinski definition) is 6. The highest BCUT2D eigenvalue weighted by atomic mass is 32.2. The summed E-state index contributed by atoms with van der Waals surface area (Å²) in [5, 5.41) is 22.0. The summed E-state index contributed by atoms with van der Waals surface area (Å²) in [7, 11) is 0. The fraction of sp³-hybridized carbons (Fsp3) is 0.0769. The molecule has 0 aromatic heterocycles. The zero-order valence-electron chi connectivity index (χ0n) is 10.7. The highest BCUT2D eigenvalue weighted by molar-refractivity contribution is 8.16. The lowest BCUT2D eigenvalue weighted by molar-refractivity contribution is -0.385. The molecule has 0 saturated heterocycles. The van der Waals surface area contributed by atoms with E-state index >= 15 is 0 Å². The summed E-state index contributed by atoms with van der Waals surface area (Å²) in [6.07, 6.45) is 0. The summed E-state index contributed by atoms with van der Waals surface area (Å²) in [5.41, 5.74) is 0.112. The third kappa shape index (κ3) is 4.47. The number of nitro groups is 2. The maximum absolute atomic E-state index is 10.7. The second kappa shape index (κ2) is 7.09. The van der Waals surface area contributed by atoms with Crippen LogP contribution in [0.1, 0.15) is 0 Å². The van der Waals surface area contributed by atoms with E-state index in [-0.39, 0.29) is 11.4 Å². The Bertz CT molecular complexity index is 621. The average molecular weight is 322 g/mol. The summed E-state index contributed by atoms with van der Waals surface area (Å²) < 4.78 is 0. The number of thioether (sulfide) groups is 2. The minimum absolute atomic E-state index is 0.0559. The molecule has 2 rings (SSSR count). The number of hydrogen-bond donors (Lipinski definition) is 0. The first-order valence-corrected chi connectivity index (χ1v) is 7.78. The van der Waals surface area contributed by atoms with Gasteiger partial charge >= 0.3 is 0 Å². The molecule has 8 heteroatoms. The Balaban J connectivity index is 1.95. The Morgan fingerprint density at radius 1 is 0.810 bits per heavy atom. The van der Waals surface area contributed by atoms with E-state index in [0.717, 1.165) is 9.79 Å². The lowest BCUT2D eigenvalue weighted by Crippen LogP contribution is -1.88. The van der Waals surface area contributed by atoms with Gasteiger partial charge in [0.05, 0.1) is 9.85 Å². The molecule has 0 aliphatic heterocycles. The van der Waals surface area contributed by atoms with Crippen LogP contribution in [0.15, 0.2) is 58.3 Å². The summed E-state index contributed by atoms with van der Waals surface area (Å²) in [4.78, 5) is 22.1. The fourth-order valence-electron chi connectivity index (χ4n) is 1.54. The molecule has 0 heterocycles. The lowest BCUT2D eigenvalue weighted by Gasteiger charge is -2.02. The molecule has 2 aromatic carbocycles. The molecule has 0 bridgehead atoms. The van der Waals surface area contributed by atoms with E-state index in [4.69, 9.17) is 0 Å². The zero-order chi connectivity index (χ0) is 15.2. The van der Waals surface area contributed by atoms with Crippen LogP contribution in [0.5, 0.6) is 0 Å². The standard InChI is InChI=1S/C13H10N2O4S2/c16-14(17)10-3-1-5-12(7-10)20-9-21-13-6-2-4-11(8-13)15(18)19/h1-8H,9H2. The number of benzene rings is 2. The van der Waals surface area contributed by atoms with Gasteiger partial charge in [-0.15, -0.1) is 23.5 Å². The molecule has 21 heavy (non-hydrogen) atoms. The molecule has 0 aliphatic rings. The Hall–Kier alpha value is -2.06. The molecule has 0 saturated carbocycles. The van der Waals surface area contributed by atoms with Gasteiger partial charge in [-0.3, -0.25) is 20.2 Å². The molecular weight excluding hydrogens is 312 g/mol. The van der Waals surface area contributed by atoms with Gasteiger partial charge in [0.1, 0.15) is 0 Å². The maximum atomic E-state index is 10.7. The Morgan fingerprint density at radius 2 is 1.24 bits per heavy atom. The van der Waals surface area contributed by atoms with E-state index in [1.807, 2.05) is 0 Å². The van der Waals surface area contributed by atoms with Gasteiger partial charge in [-0.25, -0.2) is 0 Å². The molecule has 0 atom stereocenters. The van der Waals surface area contributed by atoms with Gasteiger partial charge in [0.15, 0.2) is 0 Å². The van der Waals surface area contributed by atoms with Crippen LogP contribution in [-0.4, -0.2) is 14.9 Å². The molecule has 0 N–H and O–H groups in total. The topological polar surface area (TPSA) is 86.3 Å². The van der Waals surface area contributed by atoms with Gasteiger partial charge in [0.25, 0.3) is 11.4 Å². The smallest absolute Gasteiger partial charge is 0.258 e. The van der Waals surface area contributed by atoms with Crippen LogP contribution in [0.4, 0.5) is 11.4 Å². The van der Waals surface area contributed by atoms with Gasteiger partial charge in [0.2, 0.25) is 0 Å².